The lowest BCUT2D eigenvalue weighted by Gasteiger charge is -2.29. The Hall–Kier alpha value is -2.05. The van der Waals surface area contributed by atoms with E-state index in [2.05, 4.69) is 10.4 Å². The first-order valence-corrected chi connectivity index (χ1v) is 8.53. The Morgan fingerprint density at radius 3 is 2.62 bits per heavy atom. The molecule has 2 aromatic rings. The molecule has 0 saturated carbocycles. The van der Waals surface area contributed by atoms with E-state index in [0.29, 0.717) is 36.6 Å². The first-order chi connectivity index (χ1) is 11.6. The van der Waals surface area contributed by atoms with Crippen molar-refractivity contribution in [3.63, 3.8) is 0 Å². The van der Waals surface area contributed by atoms with Crippen LogP contribution in [0.3, 0.4) is 0 Å². The molecule has 24 heavy (non-hydrogen) atoms. The van der Waals surface area contributed by atoms with Crippen molar-refractivity contribution in [2.24, 2.45) is 0 Å². The van der Waals surface area contributed by atoms with Crippen molar-refractivity contribution >= 4 is 23.3 Å². The van der Waals surface area contributed by atoms with Gasteiger partial charge in [0.15, 0.2) is 0 Å². The van der Waals surface area contributed by atoms with Crippen LogP contribution in [0.4, 0.5) is 10.5 Å². The van der Waals surface area contributed by atoms with Crippen molar-refractivity contribution in [2.45, 2.75) is 32.3 Å². The molecule has 128 valence electrons. The number of aliphatic hydroxyl groups is 1. The third-order valence-electron chi connectivity index (χ3n) is 4.27. The third-order valence-corrected chi connectivity index (χ3v) is 4.52. The van der Waals surface area contributed by atoms with Gasteiger partial charge < -0.3 is 15.3 Å². The van der Waals surface area contributed by atoms with Crippen molar-refractivity contribution in [1.82, 2.24) is 14.7 Å². The number of aromatic nitrogens is 2. The largest absolute Gasteiger partial charge is 0.393 e. The molecular formula is C17H21ClN4O2. The van der Waals surface area contributed by atoms with Crippen molar-refractivity contribution in [2.75, 3.05) is 18.4 Å². The molecule has 6 nitrogen and oxygen atoms in total. The Labute approximate surface area is 146 Å². The van der Waals surface area contributed by atoms with Crippen LogP contribution >= 0.6 is 11.6 Å². The van der Waals surface area contributed by atoms with E-state index in [1.54, 1.807) is 11.1 Å². The number of halogens is 1. The van der Waals surface area contributed by atoms with Gasteiger partial charge in [-0.25, -0.2) is 9.48 Å². The molecule has 3 rings (SSSR count). The maximum Gasteiger partial charge on any atom is 0.321 e. The Balaban J connectivity index is 1.77. The van der Waals surface area contributed by atoms with Gasteiger partial charge in [0.05, 0.1) is 29.4 Å². The van der Waals surface area contributed by atoms with Gasteiger partial charge in [-0.15, -0.1) is 0 Å². The number of carbonyl (C=O) groups is 1. The summed E-state index contributed by atoms with van der Waals surface area (Å²) in [6.45, 7) is 3.16. The summed E-state index contributed by atoms with van der Waals surface area (Å²) in [5, 5.41) is 17.6. The molecule has 0 bridgehead atoms. The van der Waals surface area contributed by atoms with Crippen LogP contribution in [0.15, 0.2) is 30.5 Å². The van der Waals surface area contributed by atoms with Gasteiger partial charge >= 0.3 is 6.03 Å². The lowest BCUT2D eigenvalue weighted by Crippen LogP contribution is -2.42. The first-order valence-electron chi connectivity index (χ1n) is 8.15. The Morgan fingerprint density at radius 2 is 2.00 bits per heavy atom. The normalized spacial score (nSPS) is 15.5. The number of anilines is 1. The quantitative estimate of drug-likeness (QED) is 0.895. The summed E-state index contributed by atoms with van der Waals surface area (Å²) in [7, 11) is 0. The molecule has 2 amide bonds. The fourth-order valence-electron chi connectivity index (χ4n) is 2.89. The lowest BCUT2D eigenvalue weighted by molar-refractivity contribution is 0.0972. The van der Waals surface area contributed by atoms with Gasteiger partial charge in [-0.1, -0.05) is 18.5 Å². The lowest BCUT2D eigenvalue weighted by atomic mass is 10.1. The predicted molar refractivity (Wildman–Crippen MR) is 93.8 cm³/mol. The molecule has 1 saturated heterocycles. The van der Waals surface area contributed by atoms with Crippen molar-refractivity contribution < 1.29 is 9.90 Å². The van der Waals surface area contributed by atoms with Gasteiger partial charge in [-0.3, -0.25) is 0 Å². The average Bonchev–Trinajstić information content (AvgIpc) is 2.98. The highest BCUT2D eigenvalue weighted by atomic mass is 35.5. The van der Waals surface area contributed by atoms with E-state index < -0.39 is 0 Å². The van der Waals surface area contributed by atoms with Crippen molar-refractivity contribution in [1.29, 1.82) is 0 Å². The van der Waals surface area contributed by atoms with Crippen LogP contribution < -0.4 is 5.32 Å². The van der Waals surface area contributed by atoms with Crippen LogP contribution in [0, 0.1) is 0 Å². The van der Waals surface area contributed by atoms with Crippen molar-refractivity contribution in [3.05, 3.63) is 41.2 Å². The van der Waals surface area contributed by atoms with Crippen LogP contribution in [0.1, 0.15) is 25.5 Å². The number of piperidine rings is 1. The highest BCUT2D eigenvalue weighted by molar-refractivity contribution is 6.30. The number of aliphatic hydroxyl groups excluding tert-OH is 1. The maximum atomic E-state index is 12.4. The molecular weight excluding hydrogens is 328 g/mol. The van der Waals surface area contributed by atoms with E-state index in [1.807, 2.05) is 35.9 Å². The second-order valence-corrected chi connectivity index (χ2v) is 6.33. The first kappa shape index (κ1) is 16.8. The van der Waals surface area contributed by atoms with Crippen LogP contribution in [-0.4, -0.2) is 45.0 Å². The highest BCUT2D eigenvalue weighted by Crippen LogP contribution is 2.22. The van der Waals surface area contributed by atoms with Gasteiger partial charge in [-0.05, 0) is 43.5 Å². The fraction of sp³-hybridized carbons (Fsp3) is 0.412. The summed E-state index contributed by atoms with van der Waals surface area (Å²) in [5.74, 6) is 0. The van der Waals surface area contributed by atoms with Gasteiger partial charge in [0, 0.05) is 18.1 Å². The molecule has 1 fully saturated rings. The van der Waals surface area contributed by atoms with E-state index in [0.717, 1.165) is 17.8 Å². The summed E-state index contributed by atoms with van der Waals surface area (Å²) in [6.07, 6.45) is 3.35. The molecule has 2 N–H and O–H groups in total. The van der Waals surface area contributed by atoms with Gasteiger partial charge in [-0.2, -0.15) is 5.10 Å². The molecule has 0 unspecified atom stereocenters. The summed E-state index contributed by atoms with van der Waals surface area (Å²) >= 11 is 5.93. The Kier molecular flexibility index (Phi) is 5.06. The fourth-order valence-corrected chi connectivity index (χ4v) is 3.01. The summed E-state index contributed by atoms with van der Waals surface area (Å²) in [4.78, 5) is 14.1. The van der Waals surface area contributed by atoms with Crippen molar-refractivity contribution in [3.8, 4) is 5.69 Å². The second-order valence-electron chi connectivity index (χ2n) is 5.90. The topological polar surface area (TPSA) is 70.4 Å². The number of rotatable bonds is 3. The number of hydrogen-bond donors (Lipinski definition) is 2. The molecule has 1 aromatic carbocycles. The number of nitrogens with zero attached hydrogens (tertiary/aromatic N) is 3. The second kappa shape index (κ2) is 7.23. The molecule has 1 aromatic heterocycles. The highest BCUT2D eigenvalue weighted by Gasteiger charge is 2.22. The van der Waals surface area contributed by atoms with E-state index in [9.17, 15) is 9.90 Å². The molecule has 0 aliphatic carbocycles. The Morgan fingerprint density at radius 1 is 1.33 bits per heavy atom. The molecule has 0 radical (unpaired) electrons. The zero-order chi connectivity index (χ0) is 17.1. The number of urea groups is 1. The smallest absolute Gasteiger partial charge is 0.321 e. The minimum atomic E-state index is -0.298. The number of carbonyl (C=O) groups excluding carboxylic acids is 1. The van der Waals surface area contributed by atoms with E-state index in [4.69, 9.17) is 11.6 Å². The molecule has 2 heterocycles. The minimum Gasteiger partial charge on any atom is -0.393 e. The van der Waals surface area contributed by atoms with Crippen LogP contribution in [0.25, 0.3) is 5.69 Å². The third kappa shape index (κ3) is 3.55. The molecule has 0 spiro atoms. The average molecular weight is 349 g/mol. The number of nitrogens with one attached hydrogen (secondary N) is 1. The van der Waals surface area contributed by atoms with Crippen LogP contribution in [0.5, 0.6) is 0 Å². The van der Waals surface area contributed by atoms with Gasteiger partial charge in [0.2, 0.25) is 0 Å². The predicted octanol–water partition coefficient (Wildman–Crippen LogP) is 3.08. The standard InChI is InChI=1S/C17H21ClN4O2/c1-2-16-15(20-17(24)21-9-7-14(23)8-10-21)11-19-22(16)13-5-3-12(18)4-6-13/h3-6,11,14,23H,2,7-10H2,1H3,(H,20,24). The Bertz CT molecular complexity index is 706. The molecule has 7 heteroatoms. The van der Waals surface area contributed by atoms with Gasteiger partial charge in [0.1, 0.15) is 0 Å². The van der Waals surface area contributed by atoms with Crippen LogP contribution in [-0.2, 0) is 6.42 Å². The molecule has 1 aliphatic rings. The van der Waals surface area contributed by atoms with E-state index >= 15 is 0 Å². The zero-order valence-electron chi connectivity index (χ0n) is 13.6. The SMILES string of the molecule is CCc1c(NC(=O)N2CCC(O)CC2)cnn1-c1ccc(Cl)cc1. The van der Waals surface area contributed by atoms with Crippen LogP contribution in [0.2, 0.25) is 5.02 Å². The zero-order valence-corrected chi connectivity index (χ0v) is 14.3. The summed E-state index contributed by atoms with van der Waals surface area (Å²) < 4.78 is 1.81. The number of hydrogen-bond acceptors (Lipinski definition) is 3. The van der Waals surface area contributed by atoms with E-state index in [1.165, 1.54) is 0 Å². The number of amides is 2. The maximum absolute atomic E-state index is 12.4. The molecule has 0 atom stereocenters. The minimum absolute atomic E-state index is 0.146. The summed E-state index contributed by atoms with van der Waals surface area (Å²) in [6, 6.07) is 7.27. The monoisotopic (exact) mass is 348 g/mol. The summed E-state index contributed by atoms with van der Waals surface area (Å²) in [5.41, 5.74) is 2.55. The molecule has 1 aliphatic heterocycles. The van der Waals surface area contributed by atoms with E-state index in [-0.39, 0.29) is 12.1 Å². The van der Waals surface area contributed by atoms with Gasteiger partial charge in [0.25, 0.3) is 0 Å². The number of benzene rings is 1. The number of likely N-dealkylation sites (tertiary alicyclic amines) is 1.